The molecule has 52 heavy (non-hydrogen) atoms. The molecule has 0 fully saturated rings. The van der Waals surface area contributed by atoms with Gasteiger partial charge in [0.1, 0.15) is 11.5 Å². The zero-order chi connectivity index (χ0) is 36.1. The summed E-state index contributed by atoms with van der Waals surface area (Å²) in [6, 6.07) is 63.5. The quantitative estimate of drug-likeness (QED) is 0.103. The first-order valence-electron chi connectivity index (χ1n) is 17.0. The van der Waals surface area contributed by atoms with Crippen molar-refractivity contribution in [1.29, 1.82) is 0 Å². The molecule has 0 spiro atoms. The number of aliphatic imine (C=N–C) groups is 2. The summed E-state index contributed by atoms with van der Waals surface area (Å²) in [4.78, 5) is 9.78. The first-order chi connectivity index (χ1) is 25.5. The Labute approximate surface area is 322 Å². The second kappa shape index (κ2) is 18.6. The van der Waals surface area contributed by atoms with Crippen LogP contribution in [0.4, 0.5) is 11.4 Å². The van der Waals surface area contributed by atoms with Crippen molar-refractivity contribution < 1.29 is 17.6 Å². The van der Waals surface area contributed by atoms with Crippen molar-refractivity contribution >= 4 is 89.2 Å². The van der Waals surface area contributed by atoms with E-state index in [1.165, 1.54) is 32.8 Å². The van der Waals surface area contributed by atoms with Gasteiger partial charge < -0.3 is 4.42 Å². The number of nitrogens with zero attached hydrogens (tertiary/aromatic N) is 2. The molecule has 0 saturated carbocycles. The number of rotatable bonds is 10. The van der Waals surface area contributed by atoms with Gasteiger partial charge in [0.05, 0.1) is 22.8 Å². The Morgan fingerprint density at radius 3 is 0.923 bits per heavy atom. The van der Waals surface area contributed by atoms with Crippen LogP contribution in [0.15, 0.2) is 196 Å². The summed E-state index contributed by atoms with van der Waals surface area (Å²) in [5.74, 6) is 1.45. The first-order valence-corrected chi connectivity index (χ1v) is 20.0. The predicted molar refractivity (Wildman–Crippen MR) is 222 cm³/mol. The average molecular weight is 757 g/mol. The Bertz CT molecular complexity index is 1960. The van der Waals surface area contributed by atoms with E-state index in [-0.39, 0.29) is 26.6 Å². The van der Waals surface area contributed by atoms with Crippen LogP contribution >= 0.6 is 20.2 Å². The van der Waals surface area contributed by atoms with E-state index in [1.54, 1.807) is 0 Å². The Morgan fingerprint density at radius 2 is 0.654 bits per heavy atom. The van der Waals surface area contributed by atoms with Crippen molar-refractivity contribution in [2.24, 2.45) is 9.98 Å². The molecule has 0 amide bonds. The normalized spacial score (nSPS) is 11.5. The molecule has 0 atom stereocenters. The fourth-order valence-corrected chi connectivity index (χ4v) is 6.44. The SMILES string of the molecule is CC(=Nc1ccc(B(c2ccccc2)c2ccccc2)cc1)c1ccc(C(C)=Nc2ccc(B(c3ccccc3)c3ccccc3)cc2)o1.[Cl][Fe][Cl]. The minimum absolute atomic E-state index is 0.154. The van der Waals surface area contributed by atoms with Crippen LogP contribution in [0.25, 0.3) is 0 Å². The molecule has 7 rings (SSSR count). The summed E-state index contributed by atoms with van der Waals surface area (Å²) < 4.78 is 6.25. The van der Waals surface area contributed by atoms with E-state index < -0.39 is 0 Å². The molecule has 0 aliphatic carbocycles. The summed E-state index contributed by atoms with van der Waals surface area (Å²) >= 11 is 0.194. The minimum atomic E-state index is 0.154. The van der Waals surface area contributed by atoms with Gasteiger partial charge in [-0.2, -0.15) is 0 Å². The molecule has 1 aromatic heterocycles. The van der Waals surface area contributed by atoms with Gasteiger partial charge in [-0.25, -0.2) is 9.98 Å². The van der Waals surface area contributed by atoms with Crippen molar-refractivity contribution in [3.8, 4) is 0 Å². The summed E-state index contributed by atoms with van der Waals surface area (Å²) in [5, 5.41) is 0. The number of furan rings is 1. The number of benzene rings is 6. The molecule has 8 heteroatoms. The topological polar surface area (TPSA) is 37.9 Å². The molecule has 7 aromatic rings. The summed E-state index contributed by atoms with van der Waals surface area (Å²) in [7, 11) is 9.53. The van der Waals surface area contributed by atoms with Gasteiger partial charge in [0.25, 0.3) is 0 Å². The molecule has 0 unspecified atom stereocenters. The standard InChI is InChI=1S/C44H36B2N2O.2ClH.Fe/c1-33(47-41-27-23-39(24-28-41)45(35-15-7-3-8-16-35)36-17-9-4-10-18-36)43-31-32-44(49-43)34(2)48-42-29-25-40(26-30-42)46(37-19-11-5-12-20-37)38-21-13-6-14-22-38;;;/h3-32H,1-2H3;2*1H;/q;;;+2/p-2. The first kappa shape index (κ1) is 36.9. The van der Waals surface area contributed by atoms with E-state index in [1.807, 2.05) is 26.0 Å². The van der Waals surface area contributed by atoms with Crippen LogP contribution < -0.4 is 32.8 Å². The van der Waals surface area contributed by atoms with Crippen molar-refractivity contribution in [3.63, 3.8) is 0 Å². The van der Waals surface area contributed by atoms with Crippen LogP contribution in [0.5, 0.6) is 0 Å². The zero-order valence-corrected chi connectivity index (χ0v) is 31.5. The van der Waals surface area contributed by atoms with Crippen LogP contribution in [-0.4, -0.2) is 24.8 Å². The van der Waals surface area contributed by atoms with Crippen molar-refractivity contribution in [2.45, 2.75) is 13.8 Å². The van der Waals surface area contributed by atoms with Gasteiger partial charge in [-0.15, -0.1) is 0 Å². The monoisotopic (exact) mass is 756 g/mol. The molecule has 0 N–H and O–H groups in total. The van der Waals surface area contributed by atoms with Crippen LogP contribution in [0.2, 0.25) is 0 Å². The average Bonchev–Trinajstić information content (AvgIpc) is 3.70. The van der Waals surface area contributed by atoms with E-state index >= 15 is 0 Å². The second-order valence-corrected chi connectivity index (χ2v) is 14.1. The molecular weight excluding hydrogens is 721 g/mol. The number of halogens is 2. The third-order valence-corrected chi connectivity index (χ3v) is 8.90. The molecule has 0 saturated heterocycles. The van der Waals surface area contributed by atoms with Crippen LogP contribution in [0, 0.1) is 0 Å². The van der Waals surface area contributed by atoms with Gasteiger partial charge in [-0.1, -0.05) is 178 Å². The molecule has 0 aliphatic heterocycles. The van der Waals surface area contributed by atoms with E-state index in [0.717, 1.165) is 34.3 Å². The van der Waals surface area contributed by atoms with Gasteiger partial charge in [0.15, 0.2) is 0 Å². The van der Waals surface area contributed by atoms with E-state index in [9.17, 15) is 0 Å². The zero-order valence-electron chi connectivity index (χ0n) is 28.9. The van der Waals surface area contributed by atoms with Gasteiger partial charge >= 0.3 is 33.3 Å². The van der Waals surface area contributed by atoms with Crippen molar-refractivity contribution in [3.05, 3.63) is 194 Å². The summed E-state index contributed by atoms with van der Waals surface area (Å²) in [6.07, 6.45) is 0. The molecule has 0 aliphatic rings. The molecule has 3 nitrogen and oxygen atoms in total. The van der Waals surface area contributed by atoms with Crippen molar-refractivity contribution in [2.75, 3.05) is 0 Å². The molecule has 256 valence electrons. The van der Waals surface area contributed by atoms with Gasteiger partial charge in [-0.3, -0.25) is 0 Å². The van der Waals surface area contributed by atoms with Gasteiger partial charge in [-0.05, 0) is 50.2 Å². The number of hydrogen-bond donors (Lipinski definition) is 0. The Hall–Kier alpha value is -4.83. The van der Waals surface area contributed by atoms with Crippen LogP contribution in [-0.2, 0) is 13.1 Å². The molecular formula is C44H36B2Cl2FeN2O. The maximum absolute atomic E-state index is 6.25. The van der Waals surface area contributed by atoms with E-state index in [4.69, 9.17) is 34.6 Å². The molecule has 6 aromatic carbocycles. The third-order valence-electron chi connectivity index (χ3n) is 8.90. The van der Waals surface area contributed by atoms with E-state index in [2.05, 4.69) is 170 Å². The Balaban J connectivity index is 0.00000150. The van der Waals surface area contributed by atoms with Crippen LogP contribution in [0.1, 0.15) is 25.4 Å². The third kappa shape index (κ3) is 9.53. The van der Waals surface area contributed by atoms with Gasteiger partial charge in [0.2, 0.25) is 13.4 Å². The van der Waals surface area contributed by atoms with Gasteiger partial charge in [0, 0.05) is 0 Å². The summed E-state index contributed by atoms with van der Waals surface area (Å²) in [6.45, 7) is 4.27. The fraction of sp³-hybridized carbons (Fsp3) is 0.0455. The van der Waals surface area contributed by atoms with E-state index in [0.29, 0.717) is 0 Å². The maximum atomic E-state index is 6.25. The fourth-order valence-electron chi connectivity index (χ4n) is 6.44. The molecule has 0 radical (unpaired) electrons. The molecule has 1 heterocycles. The van der Waals surface area contributed by atoms with Crippen molar-refractivity contribution in [1.82, 2.24) is 0 Å². The Kier molecular flexibility index (Phi) is 13.2. The second-order valence-electron chi connectivity index (χ2n) is 12.3. The Morgan fingerprint density at radius 1 is 0.404 bits per heavy atom. The number of hydrogen-bond acceptors (Lipinski definition) is 3. The van der Waals surface area contributed by atoms with Crippen LogP contribution in [0.3, 0.4) is 0 Å². The molecule has 0 bridgehead atoms. The predicted octanol–water partition coefficient (Wildman–Crippen LogP) is 7.97. The summed E-state index contributed by atoms with van der Waals surface area (Å²) in [5.41, 5.74) is 10.9.